The van der Waals surface area contributed by atoms with E-state index in [2.05, 4.69) is 21.2 Å². The molecule has 2 rings (SSSR count). The zero-order valence-corrected chi connectivity index (χ0v) is 15.6. The van der Waals surface area contributed by atoms with Gasteiger partial charge in [0, 0.05) is 22.3 Å². The van der Waals surface area contributed by atoms with Crippen LogP contribution in [0.25, 0.3) is 0 Å². The summed E-state index contributed by atoms with van der Waals surface area (Å²) in [6.07, 6.45) is 0. The first-order valence-corrected chi connectivity index (χ1v) is 8.53. The molecule has 126 valence electrons. The van der Waals surface area contributed by atoms with Gasteiger partial charge in [-0.05, 0) is 56.8 Å². The van der Waals surface area contributed by atoms with Crippen LogP contribution in [0.2, 0.25) is 0 Å². The van der Waals surface area contributed by atoms with Crippen molar-refractivity contribution in [2.24, 2.45) is 0 Å². The first-order valence-electron chi connectivity index (χ1n) is 7.74. The minimum absolute atomic E-state index is 0.00872. The summed E-state index contributed by atoms with van der Waals surface area (Å²) in [5.41, 5.74) is 2.45. The van der Waals surface area contributed by atoms with E-state index in [1.807, 2.05) is 43.1 Å². The molecule has 0 bridgehead atoms. The number of ketones is 1. The molecule has 0 fully saturated rings. The second-order valence-corrected chi connectivity index (χ2v) is 6.66. The van der Waals surface area contributed by atoms with E-state index in [-0.39, 0.29) is 17.7 Å². The smallest absolute Gasteiger partial charge is 0.241 e. The van der Waals surface area contributed by atoms with Gasteiger partial charge < -0.3 is 5.32 Å². The molecular weight excluding hydrogens is 368 g/mol. The number of rotatable bonds is 6. The van der Waals surface area contributed by atoms with Crippen LogP contribution >= 0.6 is 15.9 Å². The van der Waals surface area contributed by atoms with Crippen LogP contribution in [0.15, 0.2) is 53.0 Å². The molecule has 0 aliphatic rings. The van der Waals surface area contributed by atoms with Gasteiger partial charge in [0.25, 0.3) is 0 Å². The van der Waals surface area contributed by atoms with Crippen LogP contribution in [0.5, 0.6) is 0 Å². The molecule has 5 heteroatoms. The van der Waals surface area contributed by atoms with Gasteiger partial charge in [0.05, 0.1) is 6.04 Å². The highest BCUT2D eigenvalue weighted by molar-refractivity contribution is 9.10. The minimum atomic E-state index is -0.287. The third-order valence-corrected chi connectivity index (χ3v) is 4.75. The van der Waals surface area contributed by atoms with Gasteiger partial charge in [-0.25, -0.2) is 0 Å². The van der Waals surface area contributed by atoms with Crippen molar-refractivity contribution in [3.63, 3.8) is 0 Å². The fourth-order valence-electron chi connectivity index (χ4n) is 2.27. The second-order valence-electron chi connectivity index (χ2n) is 5.81. The molecule has 4 nitrogen and oxygen atoms in total. The average molecular weight is 389 g/mol. The number of likely N-dealkylation sites (N-methyl/N-ethyl adjacent to an activating group) is 1. The number of halogens is 1. The summed E-state index contributed by atoms with van der Waals surface area (Å²) in [6.45, 7) is 4.06. The van der Waals surface area contributed by atoms with Crippen molar-refractivity contribution in [3.05, 3.63) is 64.1 Å². The Balaban J connectivity index is 1.98. The van der Waals surface area contributed by atoms with Gasteiger partial charge in [-0.2, -0.15) is 0 Å². The molecule has 0 aliphatic heterocycles. The van der Waals surface area contributed by atoms with Gasteiger partial charge >= 0.3 is 0 Å². The van der Waals surface area contributed by atoms with E-state index in [1.54, 1.807) is 24.3 Å². The van der Waals surface area contributed by atoms with Crippen LogP contribution < -0.4 is 5.32 Å². The van der Waals surface area contributed by atoms with E-state index in [9.17, 15) is 9.59 Å². The fraction of sp³-hybridized carbons (Fsp3) is 0.263. The third-order valence-electron chi connectivity index (χ3n) is 3.98. The number of amides is 1. The second kappa shape index (κ2) is 8.22. The molecule has 0 aromatic heterocycles. The first-order chi connectivity index (χ1) is 11.4. The Morgan fingerprint density at radius 1 is 1.12 bits per heavy atom. The maximum absolute atomic E-state index is 12.4. The Kier molecular flexibility index (Phi) is 6.29. The van der Waals surface area contributed by atoms with E-state index >= 15 is 0 Å². The monoisotopic (exact) mass is 388 g/mol. The number of carbonyl (C=O) groups is 2. The summed E-state index contributed by atoms with van der Waals surface area (Å²) in [4.78, 5) is 25.7. The topological polar surface area (TPSA) is 49.4 Å². The SMILES string of the molecule is CC(=O)c1ccc(NC(=O)C(C)N(C)Cc2ccccc2Br)cc1. The van der Waals surface area contributed by atoms with Crippen molar-refractivity contribution >= 4 is 33.3 Å². The van der Waals surface area contributed by atoms with Crippen molar-refractivity contribution in [1.29, 1.82) is 0 Å². The molecule has 0 saturated carbocycles. The lowest BCUT2D eigenvalue weighted by molar-refractivity contribution is -0.120. The minimum Gasteiger partial charge on any atom is -0.325 e. The molecule has 0 spiro atoms. The van der Waals surface area contributed by atoms with E-state index in [1.165, 1.54) is 6.92 Å². The Bertz CT molecular complexity index is 728. The fourth-order valence-corrected chi connectivity index (χ4v) is 2.68. The van der Waals surface area contributed by atoms with Gasteiger partial charge in [-0.15, -0.1) is 0 Å². The lowest BCUT2D eigenvalue weighted by Gasteiger charge is -2.24. The highest BCUT2D eigenvalue weighted by atomic mass is 79.9. The Hall–Kier alpha value is -1.98. The van der Waals surface area contributed by atoms with E-state index in [0.717, 1.165) is 10.0 Å². The van der Waals surface area contributed by atoms with Crippen LogP contribution in [-0.4, -0.2) is 29.7 Å². The lowest BCUT2D eigenvalue weighted by Crippen LogP contribution is -2.39. The maximum Gasteiger partial charge on any atom is 0.241 e. The standard InChI is InChI=1S/C19H21BrN2O2/c1-13(22(3)12-16-6-4-5-7-18(16)20)19(24)21-17-10-8-15(9-11-17)14(2)23/h4-11,13H,12H2,1-3H3,(H,21,24). The van der Waals surface area contributed by atoms with Crippen molar-refractivity contribution in [1.82, 2.24) is 4.90 Å². The van der Waals surface area contributed by atoms with Gasteiger partial charge in [0.15, 0.2) is 5.78 Å². The highest BCUT2D eigenvalue weighted by Crippen LogP contribution is 2.18. The molecule has 2 aromatic carbocycles. The molecule has 1 atom stereocenters. The van der Waals surface area contributed by atoms with Crippen LogP contribution in [-0.2, 0) is 11.3 Å². The Morgan fingerprint density at radius 2 is 1.75 bits per heavy atom. The lowest BCUT2D eigenvalue weighted by atomic mass is 10.1. The molecule has 0 aliphatic carbocycles. The number of hydrogen-bond donors (Lipinski definition) is 1. The Morgan fingerprint density at radius 3 is 2.33 bits per heavy atom. The number of hydrogen-bond acceptors (Lipinski definition) is 3. The summed E-state index contributed by atoms with van der Waals surface area (Å²) >= 11 is 3.53. The quantitative estimate of drug-likeness (QED) is 0.757. The van der Waals surface area contributed by atoms with Crippen molar-refractivity contribution < 1.29 is 9.59 Å². The number of nitrogens with zero attached hydrogens (tertiary/aromatic N) is 1. The zero-order valence-electron chi connectivity index (χ0n) is 14.0. The molecule has 1 unspecified atom stereocenters. The number of carbonyl (C=O) groups excluding carboxylic acids is 2. The third kappa shape index (κ3) is 4.76. The average Bonchev–Trinajstić information content (AvgIpc) is 2.56. The normalized spacial score (nSPS) is 12.0. The maximum atomic E-state index is 12.4. The number of anilines is 1. The van der Waals surface area contributed by atoms with Gasteiger partial charge in [0.1, 0.15) is 0 Å². The predicted molar refractivity (Wildman–Crippen MR) is 100 cm³/mol. The molecule has 2 aromatic rings. The Labute approximate surface area is 151 Å². The van der Waals surface area contributed by atoms with Crippen LogP contribution in [0.3, 0.4) is 0 Å². The van der Waals surface area contributed by atoms with Crippen molar-refractivity contribution in [2.45, 2.75) is 26.4 Å². The number of Topliss-reactive ketones (excluding diaryl/α,β-unsaturated/α-hetero) is 1. The summed E-state index contributed by atoms with van der Waals surface area (Å²) in [6, 6.07) is 14.6. The van der Waals surface area contributed by atoms with E-state index < -0.39 is 0 Å². The van der Waals surface area contributed by atoms with Gasteiger partial charge in [0.2, 0.25) is 5.91 Å². The number of nitrogens with one attached hydrogen (secondary N) is 1. The molecule has 1 N–H and O–H groups in total. The summed E-state index contributed by atoms with van der Waals surface area (Å²) in [5, 5.41) is 2.89. The molecular formula is C19H21BrN2O2. The van der Waals surface area contributed by atoms with Crippen LogP contribution in [0.4, 0.5) is 5.69 Å². The zero-order chi connectivity index (χ0) is 17.7. The van der Waals surface area contributed by atoms with Gasteiger partial charge in [-0.1, -0.05) is 34.1 Å². The molecule has 0 heterocycles. The summed E-state index contributed by atoms with van der Waals surface area (Å²) in [7, 11) is 1.92. The predicted octanol–water partition coefficient (Wildman–Crippen LogP) is 4.11. The van der Waals surface area contributed by atoms with Crippen LogP contribution in [0, 0.1) is 0 Å². The highest BCUT2D eigenvalue weighted by Gasteiger charge is 2.19. The molecule has 0 saturated heterocycles. The molecule has 24 heavy (non-hydrogen) atoms. The van der Waals surface area contributed by atoms with Crippen molar-refractivity contribution in [2.75, 3.05) is 12.4 Å². The largest absolute Gasteiger partial charge is 0.325 e. The van der Waals surface area contributed by atoms with E-state index in [0.29, 0.717) is 17.8 Å². The van der Waals surface area contributed by atoms with Crippen molar-refractivity contribution in [3.8, 4) is 0 Å². The summed E-state index contributed by atoms with van der Waals surface area (Å²) in [5.74, 6) is -0.0745. The first kappa shape index (κ1) is 18.4. The van der Waals surface area contributed by atoms with Crippen LogP contribution in [0.1, 0.15) is 29.8 Å². The van der Waals surface area contributed by atoms with E-state index in [4.69, 9.17) is 0 Å². The molecule has 1 amide bonds. The van der Waals surface area contributed by atoms with Gasteiger partial charge in [-0.3, -0.25) is 14.5 Å². The summed E-state index contributed by atoms with van der Waals surface area (Å²) < 4.78 is 1.03. The number of benzene rings is 2. The molecule has 0 radical (unpaired) electrons.